The molecule has 124 valence electrons. The summed E-state index contributed by atoms with van der Waals surface area (Å²) in [5, 5.41) is 10.2. The summed E-state index contributed by atoms with van der Waals surface area (Å²) in [6.07, 6.45) is 3.98. The van der Waals surface area contributed by atoms with Gasteiger partial charge in [0.2, 0.25) is 5.91 Å². The second-order valence-corrected chi connectivity index (χ2v) is 7.52. The first kappa shape index (κ1) is 16.3. The molecule has 0 spiro atoms. The van der Waals surface area contributed by atoms with E-state index in [0.29, 0.717) is 18.1 Å². The van der Waals surface area contributed by atoms with Crippen molar-refractivity contribution in [2.24, 2.45) is 11.3 Å². The number of benzene rings is 1. The van der Waals surface area contributed by atoms with Crippen molar-refractivity contribution < 1.29 is 14.7 Å². The molecule has 1 amide bonds. The Morgan fingerprint density at radius 3 is 2.35 bits per heavy atom. The zero-order valence-corrected chi connectivity index (χ0v) is 14.1. The molecule has 1 aliphatic heterocycles. The van der Waals surface area contributed by atoms with Crippen molar-refractivity contribution in [1.29, 1.82) is 0 Å². The van der Waals surface area contributed by atoms with Crippen LogP contribution in [0.25, 0.3) is 0 Å². The van der Waals surface area contributed by atoms with Gasteiger partial charge in [-0.05, 0) is 30.5 Å². The molecular weight excluding hydrogens is 314 g/mol. The molecule has 23 heavy (non-hydrogen) atoms. The van der Waals surface area contributed by atoms with Crippen LogP contribution in [0.4, 0.5) is 0 Å². The Kier molecular flexibility index (Phi) is 4.37. The Morgan fingerprint density at radius 2 is 1.78 bits per heavy atom. The predicted molar refractivity (Wildman–Crippen MR) is 88.5 cm³/mol. The normalized spacial score (nSPS) is 26.4. The van der Waals surface area contributed by atoms with Gasteiger partial charge in [0.1, 0.15) is 0 Å². The van der Waals surface area contributed by atoms with E-state index in [1.807, 2.05) is 19.1 Å². The highest BCUT2D eigenvalue weighted by atomic mass is 35.5. The van der Waals surface area contributed by atoms with Crippen molar-refractivity contribution in [3.63, 3.8) is 0 Å². The molecule has 4 nitrogen and oxygen atoms in total. The Balaban J connectivity index is 1.82. The van der Waals surface area contributed by atoms with Crippen LogP contribution in [0.5, 0.6) is 0 Å². The maximum Gasteiger partial charge on any atom is 0.308 e. The van der Waals surface area contributed by atoms with Gasteiger partial charge in [-0.1, -0.05) is 43.5 Å². The second-order valence-electron chi connectivity index (χ2n) is 7.08. The first-order valence-electron chi connectivity index (χ1n) is 8.18. The van der Waals surface area contributed by atoms with E-state index >= 15 is 0 Å². The number of amides is 1. The first-order valence-corrected chi connectivity index (χ1v) is 8.56. The van der Waals surface area contributed by atoms with Gasteiger partial charge in [0.05, 0.1) is 5.92 Å². The van der Waals surface area contributed by atoms with Gasteiger partial charge in [0.25, 0.3) is 0 Å². The molecule has 0 bridgehead atoms. The van der Waals surface area contributed by atoms with E-state index in [-0.39, 0.29) is 17.2 Å². The van der Waals surface area contributed by atoms with Gasteiger partial charge in [-0.3, -0.25) is 9.59 Å². The number of aliphatic carboxylic acids is 1. The summed E-state index contributed by atoms with van der Waals surface area (Å²) in [7, 11) is 0. The highest BCUT2D eigenvalue weighted by Gasteiger charge is 2.46. The molecule has 1 saturated heterocycles. The summed E-state index contributed by atoms with van der Waals surface area (Å²) >= 11 is 5.92. The highest BCUT2D eigenvalue weighted by molar-refractivity contribution is 6.30. The van der Waals surface area contributed by atoms with Crippen LogP contribution in [0.15, 0.2) is 24.3 Å². The smallest absolute Gasteiger partial charge is 0.308 e. The molecule has 5 heteroatoms. The Hall–Kier alpha value is -1.55. The van der Waals surface area contributed by atoms with E-state index in [0.717, 1.165) is 31.2 Å². The summed E-state index contributed by atoms with van der Waals surface area (Å²) in [6.45, 7) is 2.80. The maximum absolute atomic E-state index is 12.9. The molecule has 3 rings (SSSR count). The van der Waals surface area contributed by atoms with Crippen LogP contribution in [-0.2, 0) is 9.59 Å². The minimum absolute atomic E-state index is 0.123. The lowest BCUT2D eigenvalue weighted by atomic mass is 9.87. The molecule has 2 fully saturated rings. The van der Waals surface area contributed by atoms with E-state index in [4.69, 9.17) is 11.6 Å². The van der Waals surface area contributed by atoms with E-state index in [9.17, 15) is 14.7 Å². The van der Waals surface area contributed by atoms with Crippen molar-refractivity contribution in [1.82, 2.24) is 4.90 Å². The van der Waals surface area contributed by atoms with Crippen molar-refractivity contribution in [3.8, 4) is 0 Å². The average Bonchev–Trinajstić information content (AvgIpc) is 3.15. The minimum Gasteiger partial charge on any atom is -0.481 e. The summed E-state index contributed by atoms with van der Waals surface area (Å²) in [4.78, 5) is 26.3. The summed E-state index contributed by atoms with van der Waals surface area (Å²) in [6, 6.07) is 7.29. The lowest BCUT2D eigenvalue weighted by Crippen LogP contribution is -2.40. The van der Waals surface area contributed by atoms with Crippen LogP contribution in [0.3, 0.4) is 0 Å². The molecule has 1 N–H and O–H groups in total. The zero-order valence-electron chi connectivity index (χ0n) is 13.3. The van der Waals surface area contributed by atoms with E-state index in [1.54, 1.807) is 17.0 Å². The van der Waals surface area contributed by atoms with Gasteiger partial charge in [-0.2, -0.15) is 0 Å². The Morgan fingerprint density at radius 1 is 1.17 bits per heavy atom. The molecule has 0 aromatic heterocycles. The van der Waals surface area contributed by atoms with Gasteiger partial charge in [0, 0.05) is 29.4 Å². The molecule has 0 radical (unpaired) electrons. The fourth-order valence-corrected chi connectivity index (χ4v) is 4.14. The van der Waals surface area contributed by atoms with Crippen molar-refractivity contribution in [2.45, 2.75) is 38.5 Å². The van der Waals surface area contributed by atoms with Crippen LogP contribution < -0.4 is 0 Å². The second kappa shape index (κ2) is 6.16. The molecule has 2 aliphatic rings. The zero-order chi connectivity index (χ0) is 16.6. The molecule has 1 aliphatic carbocycles. The summed E-state index contributed by atoms with van der Waals surface area (Å²) in [5.41, 5.74) is 0.631. The van der Waals surface area contributed by atoms with Crippen molar-refractivity contribution in [3.05, 3.63) is 34.9 Å². The highest BCUT2D eigenvalue weighted by Crippen LogP contribution is 2.42. The number of hydrogen-bond donors (Lipinski definition) is 1. The fourth-order valence-electron chi connectivity index (χ4n) is 4.02. The van der Waals surface area contributed by atoms with Crippen LogP contribution in [0.1, 0.15) is 44.1 Å². The molecule has 1 aromatic carbocycles. The Labute approximate surface area is 141 Å². The summed E-state index contributed by atoms with van der Waals surface area (Å²) in [5.74, 6) is -1.43. The van der Waals surface area contributed by atoms with Gasteiger partial charge in [-0.25, -0.2) is 0 Å². The van der Waals surface area contributed by atoms with Gasteiger partial charge < -0.3 is 10.0 Å². The number of carbonyl (C=O) groups is 2. The monoisotopic (exact) mass is 335 g/mol. The quantitative estimate of drug-likeness (QED) is 0.919. The van der Waals surface area contributed by atoms with E-state index < -0.39 is 11.9 Å². The van der Waals surface area contributed by atoms with Crippen LogP contribution in [0.2, 0.25) is 5.02 Å². The number of carboxylic acid groups (broad SMARTS) is 1. The van der Waals surface area contributed by atoms with Gasteiger partial charge >= 0.3 is 5.97 Å². The topological polar surface area (TPSA) is 57.6 Å². The van der Waals surface area contributed by atoms with E-state index in [2.05, 4.69) is 0 Å². The van der Waals surface area contributed by atoms with E-state index in [1.165, 1.54) is 0 Å². The standard InChI is InChI=1S/C18H22ClNO3/c1-18(8-2-3-9-18)17(23)20-10-14(15(11-20)16(21)22)12-4-6-13(19)7-5-12/h4-7,14-15H,2-3,8-11H2,1H3,(H,21,22)/t14-,15+/m0/s1. The lowest BCUT2D eigenvalue weighted by Gasteiger charge is -2.28. The van der Waals surface area contributed by atoms with Crippen LogP contribution >= 0.6 is 11.6 Å². The first-order chi connectivity index (χ1) is 10.9. The molecule has 1 heterocycles. The number of carboxylic acids is 1. The van der Waals surface area contributed by atoms with Crippen molar-refractivity contribution in [2.75, 3.05) is 13.1 Å². The van der Waals surface area contributed by atoms with Gasteiger partial charge in [-0.15, -0.1) is 0 Å². The average molecular weight is 336 g/mol. The third kappa shape index (κ3) is 3.09. The van der Waals surface area contributed by atoms with Crippen molar-refractivity contribution >= 4 is 23.5 Å². The minimum atomic E-state index is -0.836. The fraction of sp³-hybridized carbons (Fsp3) is 0.556. The molecule has 1 saturated carbocycles. The predicted octanol–water partition coefficient (Wildman–Crippen LogP) is 3.55. The van der Waals surface area contributed by atoms with Gasteiger partial charge in [0.15, 0.2) is 0 Å². The number of halogens is 1. The number of likely N-dealkylation sites (tertiary alicyclic amines) is 1. The van der Waals surface area contributed by atoms with Crippen LogP contribution in [-0.4, -0.2) is 35.0 Å². The number of carbonyl (C=O) groups excluding carboxylic acids is 1. The molecular formula is C18H22ClNO3. The van der Waals surface area contributed by atoms with Crippen LogP contribution in [0, 0.1) is 11.3 Å². The lowest BCUT2D eigenvalue weighted by molar-refractivity contribution is -0.143. The largest absolute Gasteiger partial charge is 0.481 e. The molecule has 2 atom stereocenters. The number of hydrogen-bond acceptors (Lipinski definition) is 2. The Bertz CT molecular complexity index is 607. The third-order valence-corrected chi connectivity index (χ3v) is 5.70. The maximum atomic E-state index is 12.9. The SMILES string of the molecule is CC1(C(=O)N2C[C@@H](C(=O)O)[C@H](c3ccc(Cl)cc3)C2)CCCC1. The third-order valence-electron chi connectivity index (χ3n) is 5.45. The number of rotatable bonds is 3. The number of nitrogens with zero attached hydrogens (tertiary/aromatic N) is 1. The molecule has 1 aromatic rings. The molecule has 0 unspecified atom stereocenters. The summed E-state index contributed by atoms with van der Waals surface area (Å²) < 4.78 is 0.